The maximum atomic E-state index is 10.7. The predicted octanol–water partition coefficient (Wildman–Crippen LogP) is 3.29. The van der Waals surface area contributed by atoms with E-state index in [4.69, 9.17) is 5.11 Å². The van der Waals surface area contributed by atoms with Crippen molar-refractivity contribution in [2.45, 2.75) is 32.2 Å². The summed E-state index contributed by atoms with van der Waals surface area (Å²) in [6.07, 6.45) is 2.17. The highest BCUT2D eigenvalue weighted by Gasteiger charge is 2.21. The fraction of sp³-hybridized carbons (Fsp3) is 0.357. The second kappa shape index (κ2) is 5.90. The number of nitrogens with one attached hydrogen (secondary N) is 1. The van der Waals surface area contributed by atoms with Crippen LogP contribution < -0.4 is 5.32 Å². The van der Waals surface area contributed by atoms with Crippen molar-refractivity contribution in [3.8, 4) is 0 Å². The molecule has 0 aliphatic heterocycles. The molecule has 2 N–H and O–H groups in total. The van der Waals surface area contributed by atoms with E-state index in [9.17, 15) is 4.79 Å². The SMILES string of the molecule is CC(C)(CCC(=O)O)Nc1ncnc2cccc(I)c12. The van der Waals surface area contributed by atoms with Crippen LogP contribution in [0.3, 0.4) is 0 Å². The van der Waals surface area contributed by atoms with Gasteiger partial charge in [0, 0.05) is 15.5 Å². The molecule has 0 bridgehead atoms. The molecule has 1 heterocycles. The number of carbonyl (C=O) groups is 1. The van der Waals surface area contributed by atoms with Gasteiger partial charge in [-0.05, 0) is 55.0 Å². The van der Waals surface area contributed by atoms with Gasteiger partial charge in [-0.2, -0.15) is 0 Å². The van der Waals surface area contributed by atoms with Gasteiger partial charge < -0.3 is 10.4 Å². The van der Waals surface area contributed by atoms with Crippen molar-refractivity contribution in [2.24, 2.45) is 0 Å². The highest BCUT2D eigenvalue weighted by atomic mass is 127. The number of halogens is 1. The molecule has 0 saturated heterocycles. The first-order chi connectivity index (χ1) is 9.39. The Morgan fingerprint density at radius 1 is 1.40 bits per heavy atom. The topological polar surface area (TPSA) is 75.1 Å². The molecule has 0 radical (unpaired) electrons. The van der Waals surface area contributed by atoms with Crippen LogP contribution in [0.1, 0.15) is 26.7 Å². The van der Waals surface area contributed by atoms with Gasteiger partial charge in [0.25, 0.3) is 0 Å². The van der Waals surface area contributed by atoms with E-state index in [1.54, 1.807) is 0 Å². The maximum absolute atomic E-state index is 10.7. The third kappa shape index (κ3) is 3.56. The van der Waals surface area contributed by atoms with Crippen LogP contribution in [-0.2, 0) is 4.79 Å². The quantitative estimate of drug-likeness (QED) is 0.773. The average Bonchev–Trinajstić information content (AvgIpc) is 2.36. The summed E-state index contributed by atoms with van der Waals surface area (Å²) in [5, 5.41) is 13.1. The lowest BCUT2D eigenvalue weighted by Gasteiger charge is -2.27. The van der Waals surface area contributed by atoms with Gasteiger partial charge in [-0.25, -0.2) is 9.97 Å². The van der Waals surface area contributed by atoms with E-state index >= 15 is 0 Å². The number of aromatic nitrogens is 2. The zero-order valence-electron chi connectivity index (χ0n) is 11.4. The number of nitrogens with zero attached hydrogens (tertiary/aromatic N) is 2. The molecule has 0 unspecified atom stereocenters. The Hall–Kier alpha value is -1.44. The Labute approximate surface area is 131 Å². The minimum absolute atomic E-state index is 0.125. The molecule has 1 aromatic heterocycles. The summed E-state index contributed by atoms with van der Waals surface area (Å²) in [7, 11) is 0. The van der Waals surface area contributed by atoms with E-state index in [0.29, 0.717) is 6.42 Å². The van der Waals surface area contributed by atoms with Crippen molar-refractivity contribution in [1.29, 1.82) is 0 Å². The Morgan fingerprint density at radius 2 is 2.15 bits per heavy atom. The zero-order chi connectivity index (χ0) is 14.8. The molecular formula is C14H16IN3O2. The van der Waals surface area contributed by atoms with E-state index < -0.39 is 5.97 Å². The van der Waals surface area contributed by atoms with Crippen molar-refractivity contribution in [3.63, 3.8) is 0 Å². The van der Waals surface area contributed by atoms with Crippen LogP contribution in [0.4, 0.5) is 5.82 Å². The summed E-state index contributed by atoms with van der Waals surface area (Å²) in [5.74, 6) is -0.0441. The normalized spacial score (nSPS) is 11.6. The summed E-state index contributed by atoms with van der Waals surface area (Å²) in [5.41, 5.74) is 0.530. The van der Waals surface area contributed by atoms with E-state index in [1.165, 1.54) is 6.33 Å². The molecule has 2 rings (SSSR count). The third-order valence-electron chi connectivity index (χ3n) is 3.03. The lowest BCUT2D eigenvalue weighted by atomic mass is 9.98. The number of benzene rings is 1. The zero-order valence-corrected chi connectivity index (χ0v) is 13.5. The second-order valence-corrected chi connectivity index (χ2v) is 6.42. The van der Waals surface area contributed by atoms with Gasteiger partial charge >= 0.3 is 5.97 Å². The first-order valence-corrected chi connectivity index (χ1v) is 7.36. The van der Waals surface area contributed by atoms with Crippen molar-refractivity contribution in [1.82, 2.24) is 9.97 Å². The van der Waals surface area contributed by atoms with Crippen LogP contribution in [0, 0.1) is 3.57 Å². The van der Waals surface area contributed by atoms with Gasteiger partial charge in [0.15, 0.2) is 0 Å². The fourth-order valence-corrected chi connectivity index (χ4v) is 2.70. The molecule has 6 heteroatoms. The number of hydrogen-bond donors (Lipinski definition) is 2. The highest BCUT2D eigenvalue weighted by Crippen LogP contribution is 2.28. The Balaban J connectivity index is 2.32. The number of rotatable bonds is 5. The summed E-state index contributed by atoms with van der Waals surface area (Å²) in [6, 6.07) is 5.90. The van der Waals surface area contributed by atoms with Gasteiger partial charge in [0.05, 0.1) is 10.9 Å². The van der Waals surface area contributed by atoms with E-state index in [-0.39, 0.29) is 12.0 Å². The predicted molar refractivity (Wildman–Crippen MR) is 86.8 cm³/mol. The molecule has 0 saturated carbocycles. The molecule has 0 fully saturated rings. The smallest absolute Gasteiger partial charge is 0.303 e. The first kappa shape index (κ1) is 15.0. The average molecular weight is 385 g/mol. The Kier molecular flexibility index (Phi) is 4.42. The molecule has 1 aromatic carbocycles. The van der Waals surface area contributed by atoms with Crippen LogP contribution in [0.5, 0.6) is 0 Å². The Morgan fingerprint density at radius 3 is 2.85 bits per heavy atom. The van der Waals surface area contributed by atoms with Gasteiger partial charge in [-0.15, -0.1) is 0 Å². The number of carboxylic acids is 1. The van der Waals surface area contributed by atoms with Crippen molar-refractivity contribution in [2.75, 3.05) is 5.32 Å². The molecule has 2 aromatic rings. The summed E-state index contributed by atoms with van der Waals surface area (Å²) >= 11 is 2.25. The third-order valence-corrected chi connectivity index (χ3v) is 3.93. The lowest BCUT2D eigenvalue weighted by molar-refractivity contribution is -0.137. The molecule has 106 valence electrons. The van der Waals surface area contributed by atoms with Crippen molar-refractivity contribution < 1.29 is 9.90 Å². The van der Waals surface area contributed by atoms with E-state index in [2.05, 4.69) is 37.9 Å². The van der Waals surface area contributed by atoms with Crippen LogP contribution in [-0.4, -0.2) is 26.6 Å². The molecule has 0 aliphatic rings. The highest BCUT2D eigenvalue weighted by molar-refractivity contribution is 14.1. The number of fused-ring (bicyclic) bond motifs is 1. The monoisotopic (exact) mass is 385 g/mol. The lowest BCUT2D eigenvalue weighted by Crippen LogP contribution is -2.32. The second-order valence-electron chi connectivity index (χ2n) is 5.26. The van der Waals surface area contributed by atoms with E-state index in [1.807, 2.05) is 32.0 Å². The van der Waals surface area contributed by atoms with Gasteiger partial charge in [0.2, 0.25) is 0 Å². The maximum Gasteiger partial charge on any atom is 0.303 e. The van der Waals surface area contributed by atoms with Crippen molar-refractivity contribution >= 4 is 45.3 Å². The molecule has 0 atom stereocenters. The van der Waals surface area contributed by atoms with Crippen molar-refractivity contribution in [3.05, 3.63) is 28.1 Å². The molecule has 20 heavy (non-hydrogen) atoms. The molecule has 0 aliphatic carbocycles. The summed E-state index contributed by atoms with van der Waals surface area (Å²) in [4.78, 5) is 19.3. The van der Waals surface area contributed by atoms with Crippen LogP contribution in [0.2, 0.25) is 0 Å². The van der Waals surface area contributed by atoms with Crippen LogP contribution in [0.15, 0.2) is 24.5 Å². The minimum atomic E-state index is -0.790. The van der Waals surface area contributed by atoms with Crippen LogP contribution >= 0.6 is 22.6 Å². The first-order valence-electron chi connectivity index (χ1n) is 6.28. The molecular weight excluding hydrogens is 369 g/mol. The fourth-order valence-electron chi connectivity index (χ4n) is 1.97. The molecule has 5 nitrogen and oxygen atoms in total. The number of anilines is 1. The van der Waals surface area contributed by atoms with Gasteiger partial charge in [-0.3, -0.25) is 4.79 Å². The molecule has 0 amide bonds. The summed E-state index contributed by atoms with van der Waals surface area (Å²) in [6.45, 7) is 3.94. The van der Waals surface area contributed by atoms with E-state index in [0.717, 1.165) is 20.3 Å². The number of carboxylic acid groups (broad SMARTS) is 1. The number of hydrogen-bond acceptors (Lipinski definition) is 4. The van der Waals surface area contributed by atoms with Crippen LogP contribution in [0.25, 0.3) is 10.9 Å². The van der Waals surface area contributed by atoms with Gasteiger partial charge in [0.1, 0.15) is 12.1 Å². The standard InChI is InChI=1S/C14H16IN3O2/c1-14(2,7-6-11(19)20)18-13-12-9(15)4-3-5-10(12)16-8-17-13/h3-5,8H,6-7H2,1-2H3,(H,19,20)(H,16,17,18). The minimum Gasteiger partial charge on any atom is -0.481 e. The van der Waals surface area contributed by atoms with Gasteiger partial charge in [-0.1, -0.05) is 6.07 Å². The summed E-state index contributed by atoms with van der Waals surface area (Å²) < 4.78 is 1.07. The Bertz CT molecular complexity index is 638. The molecule has 0 spiro atoms. The number of aliphatic carboxylic acids is 1. The largest absolute Gasteiger partial charge is 0.481 e.